The van der Waals surface area contributed by atoms with E-state index in [9.17, 15) is 13.2 Å². The first kappa shape index (κ1) is 22.5. The molecule has 0 bridgehead atoms. The van der Waals surface area contributed by atoms with Crippen molar-refractivity contribution in [2.45, 2.75) is 57.0 Å². The molecule has 32 heavy (non-hydrogen) atoms. The molecule has 1 aliphatic rings. The summed E-state index contributed by atoms with van der Waals surface area (Å²) in [5, 5.41) is 2.95. The highest BCUT2D eigenvalue weighted by atomic mass is 32.2. The average Bonchev–Trinajstić information content (AvgIpc) is 3.46. The second-order valence-electron chi connectivity index (χ2n) is 8.20. The summed E-state index contributed by atoms with van der Waals surface area (Å²) in [6, 6.07) is 15.0. The molecule has 4 rings (SSSR count). The van der Waals surface area contributed by atoms with Crippen LogP contribution < -0.4 is 5.32 Å². The van der Waals surface area contributed by atoms with Crippen LogP contribution in [0.1, 0.15) is 44.0 Å². The van der Waals surface area contributed by atoms with Crippen molar-refractivity contribution in [1.82, 2.24) is 19.2 Å². The van der Waals surface area contributed by atoms with Gasteiger partial charge in [0.05, 0.1) is 15.9 Å². The molecule has 3 aromatic rings. The van der Waals surface area contributed by atoms with Crippen molar-refractivity contribution in [1.29, 1.82) is 0 Å². The number of aromatic nitrogens is 2. The summed E-state index contributed by atoms with van der Waals surface area (Å²) in [4.78, 5) is 17.4. The summed E-state index contributed by atoms with van der Waals surface area (Å²) in [6.45, 7) is 4.52. The van der Waals surface area contributed by atoms with Gasteiger partial charge in [0.1, 0.15) is 5.82 Å². The molecule has 2 heterocycles. The number of benzene rings is 2. The Morgan fingerprint density at radius 2 is 1.84 bits per heavy atom. The number of hydrogen-bond donors (Lipinski definition) is 1. The lowest BCUT2D eigenvalue weighted by Gasteiger charge is -2.15. The standard InChI is InChI=1S/C24H30N4O3S/c1-2-14-28-22-11-10-20(32(30,31)27-15-6-7-16-27)17-21(22)26-23(28)12-13-24(29)25-18-19-8-4-3-5-9-19/h3-5,8-11,17H,2,6-7,12-16,18H2,1H3,(H,25,29). The first-order valence-corrected chi connectivity index (χ1v) is 12.7. The number of carbonyl (C=O) groups excluding carboxylic acids is 1. The molecule has 1 aromatic heterocycles. The van der Waals surface area contributed by atoms with Crippen molar-refractivity contribution >= 4 is 27.0 Å². The summed E-state index contributed by atoms with van der Waals surface area (Å²) in [5.74, 6) is 0.786. The third-order valence-electron chi connectivity index (χ3n) is 5.86. The molecule has 0 radical (unpaired) electrons. The van der Waals surface area contributed by atoms with Crippen LogP contribution in [0.3, 0.4) is 0 Å². The maximum Gasteiger partial charge on any atom is 0.243 e. The van der Waals surface area contributed by atoms with Crippen LogP contribution >= 0.6 is 0 Å². The van der Waals surface area contributed by atoms with E-state index in [0.717, 1.165) is 42.7 Å². The quantitative estimate of drug-likeness (QED) is 0.537. The predicted octanol–water partition coefficient (Wildman–Crippen LogP) is 3.48. The number of carbonyl (C=O) groups is 1. The molecule has 2 aromatic carbocycles. The number of sulfonamides is 1. The molecule has 1 amide bonds. The minimum atomic E-state index is -3.49. The monoisotopic (exact) mass is 454 g/mol. The first-order chi connectivity index (χ1) is 15.5. The zero-order chi connectivity index (χ0) is 22.6. The van der Waals surface area contributed by atoms with Crippen LogP contribution in [0.5, 0.6) is 0 Å². The van der Waals surface area contributed by atoms with Gasteiger partial charge in [-0.05, 0) is 43.0 Å². The fraction of sp³-hybridized carbons (Fsp3) is 0.417. The Bertz CT molecular complexity index is 1180. The van der Waals surface area contributed by atoms with E-state index in [1.165, 1.54) is 0 Å². The fourth-order valence-corrected chi connectivity index (χ4v) is 5.71. The summed E-state index contributed by atoms with van der Waals surface area (Å²) < 4.78 is 29.5. The predicted molar refractivity (Wildman–Crippen MR) is 125 cm³/mol. The van der Waals surface area contributed by atoms with E-state index in [1.807, 2.05) is 36.4 Å². The molecule has 1 aliphatic heterocycles. The van der Waals surface area contributed by atoms with Crippen LogP contribution in [0, 0.1) is 0 Å². The SMILES string of the molecule is CCCn1c(CCC(=O)NCc2ccccc2)nc2cc(S(=O)(=O)N3CCCC3)ccc21. The van der Waals surface area contributed by atoms with Gasteiger partial charge in [0.15, 0.2) is 0 Å². The van der Waals surface area contributed by atoms with E-state index < -0.39 is 10.0 Å². The number of imidazole rings is 1. The molecule has 170 valence electrons. The lowest BCUT2D eigenvalue weighted by molar-refractivity contribution is -0.121. The minimum absolute atomic E-state index is 0.0266. The van der Waals surface area contributed by atoms with Crippen LogP contribution in [-0.2, 0) is 34.3 Å². The first-order valence-electron chi connectivity index (χ1n) is 11.3. The Balaban J connectivity index is 1.50. The molecule has 0 aliphatic carbocycles. The largest absolute Gasteiger partial charge is 0.352 e. The van der Waals surface area contributed by atoms with Crippen molar-refractivity contribution in [3.05, 3.63) is 59.9 Å². The van der Waals surface area contributed by atoms with E-state index in [-0.39, 0.29) is 5.91 Å². The van der Waals surface area contributed by atoms with Gasteiger partial charge in [0.2, 0.25) is 15.9 Å². The van der Waals surface area contributed by atoms with Gasteiger partial charge in [0, 0.05) is 39.0 Å². The number of amides is 1. The molecular weight excluding hydrogens is 424 g/mol. The van der Waals surface area contributed by atoms with Crippen molar-refractivity contribution in [3.63, 3.8) is 0 Å². The highest BCUT2D eigenvalue weighted by Crippen LogP contribution is 2.25. The molecule has 0 unspecified atom stereocenters. The maximum absolute atomic E-state index is 12.9. The second-order valence-corrected chi connectivity index (χ2v) is 10.1. The number of rotatable bonds is 9. The number of fused-ring (bicyclic) bond motifs is 1. The molecule has 0 atom stereocenters. The van der Waals surface area contributed by atoms with Crippen molar-refractivity contribution in [2.24, 2.45) is 0 Å². The Morgan fingerprint density at radius 1 is 1.09 bits per heavy atom. The molecule has 1 fully saturated rings. The minimum Gasteiger partial charge on any atom is -0.352 e. The Hall–Kier alpha value is -2.71. The average molecular weight is 455 g/mol. The van der Waals surface area contributed by atoms with Gasteiger partial charge in [-0.2, -0.15) is 4.31 Å². The van der Waals surface area contributed by atoms with E-state index in [2.05, 4.69) is 16.8 Å². The highest BCUT2D eigenvalue weighted by molar-refractivity contribution is 7.89. The van der Waals surface area contributed by atoms with Gasteiger partial charge in [0.25, 0.3) is 0 Å². The van der Waals surface area contributed by atoms with Crippen LogP contribution in [0.15, 0.2) is 53.4 Å². The summed E-state index contributed by atoms with van der Waals surface area (Å²) in [6.07, 6.45) is 3.57. The summed E-state index contributed by atoms with van der Waals surface area (Å²) >= 11 is 0. The number of aryl methyl sites for hydroxylation is 2. The topological polar surface area (TPSA) is 84.3 Å². The number of hydrogen-bond acceptors (Lipinski definition) is 4. The van der Waals surface area contributed by atoms with Crippen molar-refractivity contribution in [2.75, 3.05) is 13.1 Å². The van der Waals surface area contributed by atoms with Crippen LogP contribution in [0.4, 0.5) is 0 Å². The van der Waals surface area contributed by atoms with E-state index >= 15 is 0 Å². The van der Waals surface area contributed by atoms with Crippen LogP contribution in [0.25, 0.3) is 11.0 Å². The summed E-state index contributed by atoms with van der Waals surface area (Å²) in [5.41, 5.74) is 2.64. The third-order valence-corrected chi connectivity index (χ3v) is 7.75. The van der Waals surface area contributed by atoms with Gasteiger partial charge in [-0.3, -0.25) is 4.79 Å². The number of nitrogens with one attached hydrogen (secondary N) is 1. The molecule has 8 heteroatoms. The summed E-state index contributed by atoms with van der Waals surface area (Å²) in [7, 11) is -3.49. The van der Waals surface area contributed by atoms with Gasteiger partial charge < -0.3 is 9.88 Å². The number of nitrogens with zero attached hydrogens (tertiary/aromatic N) is 3. The molecule has 7 nitrogen and oxygen atoms in total. The van der Waals surface area contributed by atoms with Crippen molar-refractivity contribution in [3.8, 4) is 0 Å². The second kappa shape index (κ2) is 9.83. The Morgan fingerprint density at radius 3 is 2.56 bits per heavy atom. The lowest BCUT2D eigenvalue weighted by atomic mass is 10.2. The normalized spacial score (nSPS) is 14.8. The van der Waals surface area contributed by atoms with Crippen molar-refractivity contribution < 1.29 is 13.2 Å². The maximum atomic E-state index is 12.9. The fourth-order valence-electron chi connectivity index (χ4n) is 4.17. The zero-order valence-corrected chi connectivity index (χ0v) is 19.3. The Kier molecular flexibility index (Phi) is 6.91. The van der Waals surface area contributed by atoms with Gasteiger partial charge in [-0.15, -0.1) is 0 Å². The molecule has 1 saturated heterocycles. The molecule has 0 spiro atoms. The van der Waals surface area contributed by atoms with Gasteiger partial charge in [-0.25, -0.2) is 13.4 Å². The lowest BCUT2D eigenvalue weighted by Crippen LogP contribution is -2.27. The van der Waals surface area contributed by atoms with E-state index in [1.54, 1.807) is 16.4 Å². The highest BCUT2D eigenvalue weighted by Gasteiger charge is 2.27. The van der Waals surface area contributed by atoms with E-state index in [0.29, 0.717) is 42.9 Å². The van der Waals surface area contributed by atoms with Gasteiger partial charge >= 0.3 is 0 Å². The Labute approximate surface area is 189 Å². The van der Waals surface area contributed by atoms with Crippen LogP contribution in [0.2, 0.25) is 0 Å². The van der Waals surface area contributed by atoms with Gasteiger partial charge in [-0.1, -0.05) is 37.3 Å². The molecular formula is C24H30N4O3S. The zero-order valence-electron chi connectivity index (χ0n) is 18.5. The molecule has 0 saturated carbocycles. The smallest absolute Gasteiger partial charge is 0.243 e. The molecule has 1 N–H and O–H groups in total. The van der Waals surface area contributed by atoms with E-state index in [4.69, 9.17) is 4.98 Å². The third kappa shape index (κ3) is 4.86. The van der Waals surface area contributed by atoms with Crippen LogP contribution in [-0.4, -0.2) is 41.3 Å².